The maximum absolute atomic E-state index is 12.2. The summed E-state index contributed by atoms with van der Waals surface area (Å²) in [5.41, 5.74) is 1.28. The van der Waals surface area contributed by atoms with E-state index in [1.807, 2.05) is 0 Å². The summed E-state index contributed by atoms with van der Waals surface area (Å²) in [4.78, 5) is 7.86. The van der Waals surface area contributed by atoms with Crippen LogP contribution in [0, 0.1) is 0 Å². The quantitative estimate of drug-likeness (QED) is 0.875. The zero-order chi connectivity index (χ0) is 14.2. The lowest BCUT2D eigenvalue weighted by atomic mass is 10.2. The molecule has 0 saturated heterocycles. The summed E-state index contributed by atoms with van der Waals surface area (Å²) >= 11 is 5.64. The van der Waals surface area contributed by atoms with E-state index in [1.165, 1.54) is 24.5 Å². The van der Waals surface area contributed by atoms with E-state index in [-0.39, 0.29) is 10.0 Å². The van der Waals surface area contributed by atoms with Gasteiger partial charge in [0.05, 0.1) is 18.5 Å². The van der Waals surface area contributed by atoms with Crippen molar-refractivity contribution in [3.63, 3.8) is 0 Å². The first kappa shape index (κ1) is 13.1. The van der Waals surface area contributed by atoms with Gasteiger partial charge in [0.15, 0.2) is 0 Å². The fourth-order valence-electron chi connectivity index (χ4n) is 1.86. The predicted molar refractivity (Wildman–Crippen MR) is 73.5 cm³/mol. The lowest BCUT2D eigenvalue weighted by Crippen LogP contribution is -2.13. The second-order valence-corrected chi connectivity index (χ2v) is 6.28. The zero-order valence-electron chi connectivity index (χ0n) is 10.2. The summed E-state index contributed by atoms with van der Waals surface area (Å²) in [6.07, 6.45) is 3.35. The molecule has 0 spiro atoms. The van der Waals surface area contributed by atoms with E-state index in [2.05, 4.69) is 14.7 Å². The van der Waals surface area contributed by atoms with E-state index in [9.17, 15) is 8.42 Å². The summed E-state index contributed by atoms with van der Waals surface area (Å²) in [5, 5.41) is 0.236. The van der Waals surface area contributed by atoms with Crippen LogP contribution in [0.25, 0.3) is 0 Å². The first-order valence-electron chi connectivity index (χ1n) is 5.81. The molecule has 0 fully saturated rings. The first-order valence-corrected chi connectivity index (χ1v) is 7.67. The van der Waals surface area contributed by atoms with Gasteiger partial charge in [-0.1, -0.05) is 11.6 Å². The molecule has 2 aromatic heterocycles. The first-order chi connectivity index (χ1) is 9.54. The molecule has 1 aliphatic rings. The highest BCUT2D eigenvalue weighted by Gasteiger charge is 2.18. The van der Waals surface area contributed by atoms with Crippen molar-refractivity contribution in [3.8, 4) is 5.88 Å². The molecule has 3 heterocycles. The highest BCUT2D eigenvalue weighted by molar-refractivity contribution is 7.92. The SMILES string of the molecule is O=S(=O)(Nc1cnc2c(c1)CCO2)c1ccc(Cl)nc1. The van der Waals surface area contributed by atoms with E-state index in [1.54, 1.807) is 6.07 Å². The molecule has 0 aromatic carbocycles. The maximum atomic E-state index is 12.2. The number of halogens is 1. The van der Waals surface area contributed by atoms with E-state index in [0.717, 1.165) is 12.0 Å². The lowest BCUT2D eigenvalue weighted by Gasteiger charge is -2.08. The van der Waals surface area contributed by atoms with Crippen molar-refractivity contribution in [2.45, 2.75) is 11.3 Å². The Morgan fingerprint density at radius 2 is 2.10 bits per heavy atom. The summed E-state index contributed by atoms with van der Waals surface area (Å²) in [6.45, 7) is 0.569. The number of hydrogen-bond donors (Lipinski definition) is 1. The Hall–Kier alpha value is -1.86. The van der Waals surface area contributed by atoms with Crippen LogP contribution < -0.4 is 9.46 Å². The van der Waals surface area contributed by atoms with Gasteiger partial charge in [-0.25, -0.2) is 18.4 Å². The molecule has 0 radical (unpaired) electrons. The second kappa shape index (κ2) is 4.92. The molecule has 20 heavy (non-hydrogen) atoms. The van der Waals surface area contributed by atoms with Crippen LogP contribution >= 0.6 is 11.6 Å². The van der Waals surface area contributed by atoms with Crippen molar-refractivity contribution in [3.05, 3.63) is 41.3 Å². The predicted octanol–water partition coefficient (Wildman–Crippen LogP) is 1.87. The van der Waals surface area contributed by atoms with Crippen LogP contribution in [0.2, 0.25) is 5.15 Å². The molecule has 0 amide bonds. The largest absolute Gasteiger partial charge is 0.477 e. The summed E-state index contributed by atoms with van der Waals surface area (Å²) < 4.78 is 32.0. The van der Waals surface area contributed by atoms with Gasteiger partial charge in [0.1, 0.15) is 10.0 Å². The third-order valence-electron chi connectivity index (χ3n) is 2.80. The van der Waals surface area contributed by atoms with E-state index < -0.39 is 10.0 Å². The number of aromatic nitrogens is 2. The minimum atomic E-state index is -3.70. The van der Waals surface area contributed by atoms with Crippen LogP contribution in [0.4, 0.5) is 5.69 Å². The molecule has 104 valence electrons. The van der Waals surface area contributed by atoms with Gasteiger partial charge in [-0.2, -0.15) is 0 Å². The van der Waals surface area contributed by atoms with Crippen LogP contribution in [0.3, 0.4) is 0 Å². The third-order valence-corrected chi connectivity index (χ3v) is 4.39. The van der Waals surface area contributed by atoms with Crippen molar-refractivity contribution in [2.75, 3.05) is 11.3 Å². The van der Waals surface area contributed by atoms with E-state index in [4.69, 9.17) is 16.3 Å². The Bertz CT molecular complexity index is 747. The Morgan fingerprint density at radius 1 is 1.25 bits per heavy atom. The molecule has 1 N–H and O–H groups in total. The number of rotatable bonds is 3. The van der Waals surface area contributed by atoms with E-state index >= 15 is 0 Å². The molecule has 2 aromatic rings. The number of nitrogens with zero attached hydrogens (tertiary/aromatic N) is 2. The molecule has 1 aliphatic heterocycles. The van der Waals surface area contributed by atoms with Gasteiger partial charge < -0.3 is 4.74 Å². The third kappa shape index (κ3) is 2.54. The van der Waals surface area contributed by atoms with Crippen molar-refractivity contribution in [2.24, 2.45) is 0 Å². The Balaban J connectivity index is 1.88. The van der Waals surface area contributed by atoms with Crippen LogP contribution in [-0.2, 0) is 16.4 Å². The molecule has 0 unspecified atom stereocenters. The van der Waals surface area contributed by atoms with Gasteiger partial charge in [-0.15, -0.1) is 0 Å². The second-order valence-electron chi connectivity index (χ2n) is 4.21. The molecular weight excluding hydrogens is 302 g/mol. The van der Waals surface area contributed by atoms with Gasteiger partial charge >= 0.3 is 0 Å². The topological polar surface area (TPSA) is 81.2 Å². The summed E-state index contributed by atoms with van der Waals surface area (Å²) in [7, 11) is -3.70. The smallest absolute Gasteiger partial charge is 0.263 e. The normalized spacial score (nSPS) is 13.7. The number of hydrogen-bond acceptors (Lipinski definition) is 5. The van der Waals surface area contributed by atoms with Crippen LogP contribution in [-0.4, -0.2) is 25.0 Å². The van der Waals surface area contributed by atoms with Gasteiger partial charge in [-0.3, -0.25) is 4.72 Å². The van der Waals surface area contributed by atoms with Crippen LogP contribution in [0.5, 0.6) is 5.88 Å². The minimum Gasteiger partial charge on any atom is -0.477 e. The fourth-order valence-corrected chi connectivity index (χ4v) is 2.95. The number of anilines is 1. The molecule has 0 saturated carbocycles. The highest BCUT2D eigenvalue weighted by Crippen LogP contribution is 2.26. The zero-order valence-corrected chi connectivity index (χ0v) is 11.8. The summed E-state index contributed by atoms with van der Waals surface area (Å²) in [6, 6.07) is 4.53. The number of nitrogens with one attached hydrogen (secondary N) is 1. The Morgan fingerprint density at radius 3 is 2.85 bits per heavy atom. The van der Waals surface area contributed by atoms with Gasteiger partial charge in [-0.05, 0) is 18.2 Å². The van der Waals surface area contributed by atoms with Gasteiger partial charge in [0.25, 0.3) is 10.0 Å². The maximum Gasteiger partial charge on any atom is 0.263 e. The molecular formula is C12H10ClN3O3S. The standard InChI is InChI=1S/C12H10ClN3O3S/c13-11-2-1-10(7-14-11)20(17,18)16-9-5-8-3-4-19-12(8)15-6-9/h1-2,5-7,16H,3-4H2. The number of pyridine rings is 2. The van der Waals surface area contributed by atoms with Crippen LogP contribution in [0.1, 0.15) is 5.56 Å². The van der Waals surface area contributed by atoms with Crippen molar-refractivity contribution in [1.82, 2.24) is 9.97 Å². The minimum absolute atomic E-state index is 0.0404. The fraction of sp³-hybridized carbons (Fsp3) is 0.167. The van der Waals surface area contributed by atoms with E-state index in [0.29, 0.717) is 18.2 Å². The van der Waals surface area contributed by atoms with Crippen molar-refractivity contribution < 1.29 is 13.2 Å². The average Bonchev–Trinajstić information content (AvgIpc) is 2.86. The molecule has 8 heteroatoms. The number of ether oxygens (including phenoxy) is 1. The molecule has 0 bridgehead atoms. The highest BCUT2D eigenvalue weighted by atomic mass is 35.5. The molecule has 0 aliphatic carbocycles. The van der Waals surface area contributed by atoms with Crippen molar-refractivity contribution >= 4 is 27.3 Å². The van der Waals surface area contributed by atoms with Gasteiger partial charge in [0.2, 0.25) is 5.88 Å². The van der Waals surface area contributed by atoms with Crippen LogP contribution in [0.15, 0.2) is 35.5 Å². The number of fused-ring (bicyclic) bond motifs is 1. The number of sulfonamides is 1. The lowest BCUT2D eigenvalue weighted by molar-refractivity contribution is 0.345. The Kier molecular flexibility index (Phi) is 3.23. The molecule has 0 atom stereocenters. The summed E-state index contributed by atoms with van der Waals surface area (Å²) in [5.74, 6) is 0.557. The average molecular weight is 312 g/mol. The molecule has 3 rings (SSSR count). The Labute approximate surface area is 120 Å². The van der Waals surface area contributed by atoms with Crippen molar-refractivity contribution in [1.29, 1.82) is 0 Å². The monoisotopic (exact) mass is 311 g/mol. The molecule has 6 nitrogen and oxygen atoms in total. The van der Waals surface area contributed by atoms with Gasteiger partial charge in [0, 0.05) is 18.2 Å².